The highest BCUT2D eigenvalue weighted by Gasteiger charge is 2.15. The molecule has 1 N–H and O–H groups in total. The summed E-state index contributed by atoms with van der Waals surface area (Å²) in [5.41, 5.74) is 1.40. The second kappa shape index (κ2) is 9.75. The number of benzene rings is 2. The lowest BCUT2D eigenvalue weighted by atomic mass is 10.1. The van der Waals surface area contributed by atoms with Crippen molar-refractivity contribution in [2.24, 2.45) is 0 Å². The maximum Gasteiger partial charge on any atom is 0.307 e. The van der Waals surface area contributed by atoms with Crippen molar-refractivity contribution in [3.05, 3.63) is 65.4 Å². The molecule has 1 heterocycles. The summed E-state index contributed by atoms with van der Waals surface area (Å²) in [6.07, 6.45) is -0.131. The summed E-state index contributed by atoms with van der Waals surface area (Å²) in [5, 5.41) is 4.53. The Morgan fingerprint density at radius 1 is 1.13 bits per heavy atom. The average molecular weight is 451 g/mol. The smallest absolute Gasteiger partial charge is 0.307 e. The second-order valence-corrected chi connectivity index (χ2v) is 8.37. The molecule has 1 aromatic heterocycles. The van der Waals surface area contributed by atoms with Crippen LogP contribution in [0.2, 0.25) is 5.02 Å². The fourth-order valence-corrected chi connectivity index (χ4v) is 3.64. The fourth-order valence-electron chi connectivity index (χ4n) is 2.49. The van der Waals surface area contributed by atoms with E-state index in [1.165, 1.54) is 19.2 Å². The van der Waals surface area contributed by atoms with Gasteiger partial charge in [-0.25, -0.2) is 13.1 Å². The summed E-state index contributed by atoms with van der Waals surface area (Å²) in [4.78, 5) is 12.0. The van der Waals surface area contributed by atoms with Gasteiger partial charge in [-0.3, -0.25) is 4.79 Å². The van der Waals surface area contributed by atoms with Gasteiger partial charge in [-0.05, 0) is 36.4 Å². The van der Waals surface area contributed by atoms with Crippen LogP contribution in [0.15, 0.2) is 64.0 Å². The average Bonchev–Trinajstić information content (AvgIpc) is 3.22. The number of ether oxygens (including phenoxy) is 2. The number of hydrogen-bond donors (Lipinski definition) is 1. The fraction of sp³-hybridized carbons (Fsp3) is 0.200. The number of carbonyl (C=O) groups excluding carboxylic acids is 1. The first-order valence-electron chi connectivity index (χ1n) is 8.88. The molecule has 0 radical (unpaired) electrons. The molecule has 10 heteroatoms. The molecule has 0 amide bonds. The van der Waals surface area contributed by atoms with Gasteiger partial charge in [-0.2, -0.15) is 0 Å². The minimum atomic E-state index is -3.73. The zero-order chi connectivity index (χ0) is 21.6. The summed E-state index contributed by atoms with van der Waals surface area (Å²) in [5.74, 6) is 0.341. The van der Waals surface area contributed by atoms with Crippen LogP contribution in [0.3, 0.4) is 0 Å². The highest BCUT2D eigenvalue weighted by atomic mass is 35.5. The Hall–Kier alpha value is -2.88. The molecule has 0 saturated heterocycles. The van der Waals surface area contributed by atoms with Crippen molar-refractivity contribution in [1.82, 2.24) is 9.88 Å². The van der Waals surface area contributed by atoms with Crippen molar-refractivity contribution in [2.45, 2.75) is 17.9 Å². The van der Waals surface area contributed by atoms with Crippen LogP contribution in [-0.2, 0) is 26.2 Å². The van der Waals surface area contributed by atoms with E-state index < -0.39 is 16.0 Å². The van der Waals surface area contributed by atoms with Crippen LogP contribution in [0.1, 0.15) is 12.2 Å². The van der Waals surface area contributed by atoms with Gasteiger partial charge in [0.15, 0.2) is 12.4 Å². The highest BCUT2D eigenvalue weighted by Crippen LogP contribution is 2.21. The Morgan fingerprint density at radius 3 is 2.50 bits per heavy atom. The SMILES string of the molecule is COc1ccc(S(=O)(=O)NCCC(=O)OCc2cc(-c3ccc(Cl)cc3)no2)cc1. The number of hydrogen-bond acceptors (Lipinski definition) is 7. The van der Waals surface area contributed by atoms with E-state index >= 15 is 0 Å². The molecule has 0 fully saturated rings. The molecule has 0 bridgehead atoms. The van der Waals surface area contributed by atoms with Gasteiger partial charge in [-0.15, -0.1) is 0 Å². The maximum absolute atomic E-state index is 12.2. The number of sulfonamides is 1. The lowest BCUT2D eigenvalue weighted by molar-refractivity contribution is -0.145. The van der Waals surface area contributed by atoms with E-state index in [0.29, 0.717) is 22.2 Å². The van der Waals surface area contributed by atoms with Gasteiger partial charge >= 0.3 is 5.97 Å². The summed E-state index contributed by atoms with van der Waals surface area (Å²) < 4.78 is 42.0. The third kappa shape index (κ3) is 5.82. The van der Waals surface area contributed by atoms with Crippen LogP contribution in [0.4, 0.5) is 0 Å². The first-order valence-corrected chi connectivity index (χ1v) is 10.7. The lowest BCUT2D eigenvalue weighted by Gasteiger charge is -2.07. The third-order valence-electron chi connectivity index (χ3n) is 4.07. The van der Waals surface area contributed by atoms with Crippen LogP contribution in [0, 0.1) is 0 Å². The third-order valence-corrected chi connectivity index (χ3v) is 5.79. The van der Waals surface area contributed by atoms with Gasteiger partial charge in [0.25, 0.3) is 0 Å². The summed E-state index contributed by atoms with van der Waals surface area (Å²) >= 11 is 5.86. The number of methoxy groups -OCH3 is 1. The monoisotopic (exact) mass is 450 g/mol. The molecular formula is C20H19ClN2O6S. The Balaban J connectivity index is 1.45. The molecule has 0 spiro atoms. The van der Waals surface area contributed by atoms with Crippen LogP contribution in [-0.4, -0.2) is 33.2 Å². The Bertz CT molecular complexity index is 1100. The van der Waals surface area contributed by atoms with Crippen LogP contribution >= 0.6 is 11.6 Å². The Morgan fingerprint density at radius 2 is 1.83 bits per heavy atom. The first kappa shape index (κ1) is 21.8. The number of halogens is 1. The van der Waals surface area contributed by atoms with Crippen LogP contribution in [0.5, 0.6) is 5.75 Å². The van der Waals surface area contributed by atoms with Gasteiger partial charge in [0.2, 0.25) is 10.0 Å². The topological polar surface area (TPSA) is 108 Å². The Labute approximate surface area is 178 Å². The molecule has 0 aliphatic rings. The van der Waals surface area contributed by atoms with Crippen LogP contribution < -0.4 is 9.46 Å². The van der Waals surface area contributed by atoms with Gasteiger partial charge < -0.3 is 14.0 Å². The highest BCUT2D eigenvalue weighted by molar-refractivity contribution is 7.89. The zero-order valence-corrected chi connectivity index (χ0v) is 17.6. The minimum Gasteiger partial charge on any atom is -0.497 e. The zero-order valence-electron chi connectivity index (χ0n) is 16.0. The van der Waals surface area contributed by atoms with Crippen molar-refractivity contribution in [2.75, 3.05) is 13.7 Å². The molecule has 0 saturated carbocycles. The van der Waals surface area contributed by atoms with E-state index in [4.69, 9.17) is 25.6 Å². The van der Waals surface area contributed by atoms with Gasteiger partial charge in [0, 0.05) is 23.2 Å². The van der Waals surface area contributed by atoms with E-state index in [1.54, 1.807) is 42.5 Å². The summed E-state index contributed by atoms with van der Waals surface area (Å²) in [7, 11) is -2.24. The van der Waals surface area contributed by atoms with Crippen molar-refractivity contribution >= 4 is 27.6 Å². The van der Waals surface area contributed by atoms with Crippen molar-refractivity contribution < 1.29 is 27.2 Å². The minimum absolute atomic E-state index is 0.0769. The van der Waals surface area contributed by atoms with Crippen molar-refractivity contribution in [1.29, 1.82) is 0 Å². The van der Waals surface area contributed by atoms with E-state index in [-0.39, 0.29) is 24.5 Å². The van der Waals surface area contributed by atoms with E-state index in [9.17, 15) is 13.2 Å². The number of esters is 1. The predicted octanol–water partition coefficient (Wildman–Crippen LogP) is 3.42. The normalized spacial score (nSPS) is 11.3. The van der Waals surface area contributed by atoms with Crippen molar-refractivity contribution in [3.63, 3.8) is 0 Å². The Kier molecular flexibility index (Phi) is 7.09. The van der Waals surface area contributed by atoms with E-state index in [0.717, 1.165) is 5.56 Å². The molecule has 3 rings (SSSR count). The molecule has 158 valence electrons. The number of nitrogens with one attached hydrogen (secondary N) is 1. The molecule has 0 aliphatic heterocycles. The number of rotatable bonds is 9. The standard InChI is InChI=1S/C20H19ClN2O6S/c1-27-16-6-8-18(9-7-16)30(25,26)22-11-10-20(24)28-13-17-12-19(23-29-17)14-2-4-15(21)5-3-14/h2-9,12,22H,10-11,13H2,1H3. The molecule has 0 atom stereocenters. The molecule has 3 aromatic rings. The number of aromatic nitrogens is 1. The van der Waals surface area contributed by atoms with Crippen LogP contribution in [0.25, 0.3) is 11.3 Å². The number of nitrogens with zero attached hydrogens (tertiary/aromatic N) is 1. The maximum atomic E-state index is 12.2. The van der Waals surface area contributed by atoms with E-state index in [2.05, 4.69) is 9.88 Å². The largest absolute Gasteiger partial charge is 0.497 e. The van der Waals surface area contributed by atoms with E-state index in [1.807, 2.05) is 0 Å². The lowest BCUT2D eigenvalue weighted by Crippen LogP contribution is -2.26. The van der Waals surface area contributed by atoms with Gasteiger partial charge in [0.1, 0.15) is 11.4 Å². The van der Waals surface area contributed by atoms with Crippen molar-refractivity contribution in [3.8, 4) is 17.0 Å². The second-order valence-electron chi connectivity index (χ2n) is 6.17. The molecule has 30 heavy (non-hydrogen) atoms. The van der Waals surface area contributed by atoms with Gasteiger partial charge in [0.05, 0.1) is 18.4 Å². The number of carbonyl (C=O) groups is 1. The summed E-state index contributed by atoms with van der Waals surface area (Å²) in [6, 6.07) is 14.6. The molecule has 2 aromatic carbocycles. The molecule has 0 unspecified atom stereocenters. The van der Waals surface area contributed by atoms with Gasteiger partial charge in [-0.1, -0.05) is 28.9 Å². The molecule has 0 aliphatic carbocycles. The molecule has 8 nitrogen and oxygen atoms in total. The summed E-state index contributed by atoms with van der Waals surface area (Å²) in [6.45, 7) is -0.204. The predicted molar refractivity (Wildman–Crippen MR) is 110 cm³/mol. The first-order chi connectivity index (χ1) is 14.4. The quantitative estimate of drug-likeness (QED) is 0.497. The molecular weight excluding hydrogens is 432 g/mol.